The Balaban J connectivity index is 2.27. The maximum absolute atomic E-state index is 5.31. The zero-order chi connectivity index (χ0) is 12.8. The zero-order valence-corrected chi connectivity index (χ0v) is 10.6. The maximum Gasteiger partial charge on any atom is 0.142 e. The van der Waals surface area contributed by atoms with E-state index in [2.05, 4.69) is 10.3 Å². The number of hydrogen-bond donors (Lipinski definition) is 1. The van der Waals surface area contributed by atoms with Gasteiger partial charge in [0.2, 0.25) is 0 Å². The monoisotopic (exact) mass is 240 g/mol. The van der Waals surface area contributed by atoms with E-state index in [1.54, 1.807) is 14.2 Å². The van der Waals surface area contributed by atoms with Crippen molar-refractivity contribution in [1.29, 1.82) is 0 Å². The van der Waals surface area contributed by atoms with Crippen LogP contribution in [-0.4, -0.2) is 20.0 Å². The van der Waals surface area contributed by atoms with Gasteiger partial charge in [-0.15, -0.1) is 0 Å². The summed E-state index contributed by atoms with van der Waals surface area (Å²) in [5.74, 6) is 1.62. The van der Waals surface area contributed by atoms with Gasteiger partial charge in [0, 0.05) is 12.6 Å². The first-order valence-corrected chi connectivity index (χ1v) is 5.77. The lowest BCUT2D eigenvalue weighted by atomic mass is 10.2. The van der Waals surface area contributed by atoms with Crippen molar-refractivity contribution in [2.75, 3.05) is 19.5 Å². The lowest BCUT2D eigenvalue weighted by molar-refractivity contribution is 0.417. The zero-order valence-electron chi connectivity index (χ0n) is 10.6. The summed E-state index contributed by atoms with van der Waals surface area (Å²) in [6, 6.07) is 17.8. The van der Waals surface area contributed by atoms with Crippen molar-refractivity contribution < 1.29 is 4.74 Å². The van der Waals surface area contributed by atoms with Crippen LogP contribution in [0, 0.1) is 0 Å². The number of methoxy groups -OCH3 is 1. The summed E-state index contributed by atoms with van der Waals surface area (Å²) in [4.78, 5) is 4.28. The van der Waals surface area contributed by atoms with E-state index in [9.17, 15) is 0 Å². The Labute approximate surface area is 107 Å². The highest BCUT2D eigenvalue weighted by Crippen LogP contribution is 2.23. The third kappa shape index (κ3) is 2.69. The van der Waals surface area contributed by atoms with Gasteiger partial charge in [0.15, 0.2) is 0 Å². The third-order valence-electron chi connectivity index (χ3n) is 2.63. The van der Waals surface area contributed by atoms with E-state index < -0.39 is 0 Å². The van der Waals surface area contributed by atoms with Gasteiger partial charge in [-0.05, 0) is 12.1 Å². The molecule has 92 valence electrons. The first kappa shape index (κ1) is 12.2. The molecule has 2 aromatic rings. The van der Waals surface area contributed by atoms with Gasteiger partial charge in [-0.2, -0.15) is 0 Å². The smallest absolute Gasteiger partial charge is 0.142 e. The van der Waals surface area contributed by atoms with E-state index in [1.807, 2.05) is 54.6 Å². The van der Waals surface area contributed by atoms with E-state index >= 15 is 0 Å². The van der Waals surface area contributed by atoms with Crippen LogP contribution in [0.15, 0.2) is 59.6 Å². The van der Waals surface area contributed by atoms with Crippen LogP contribution in [0.1, 0.15) is 5.56 Å². The number of amidine groups is 1. The summed E-state index contributed by atoms with van der Waals surface area (Å²) < 4.78 is 5.31. The van der Waals surface area contributed by atoms with Crippen molar-refractivity contribution in [1.82, 2.24) is 0 Å². The second-order valence-electron chi connectivity index (χ2n) is 3.76. The molecular formula is C15H16N2O. The standard InChI is InChI=1S/C15H16N2O/c1-16-15(12-8-4-3-5-9-12)17-13-10-6-7-11-14(13)18-2/h3-11H,1-2H3,(H,16,17). The molecule has 2 aromatic carbocycles. The van der Waals surface area contributed by atoms with Gasteiger partial charge in [0.05, 0.1) is 12.8 Å². The van der Waals surface area contributed by atoms with Crippen LogP contribution in [0.25, 0.3) is 0 Å². The van der Waals surface area contributed by atoms with Crippen LogP contribution in [0.4, 0.5) is 5.69 Å². The average Bonchev–Trinajstić information content (AvgIpc) is 2.46. The summed E-state index contributed by atoms with van der Waals surface area (Å²) in [6.45, 7) is 0. The fraction of sp³-hybridized carbons (Fsp3) is 0.133. The summed E-state index contributed by atoms with van der Waals surface area (Å²) in [5.41, 5.74) is 1.95. The molecule has 0 heterocycles. The molecule has 18 heavy (non-hydrogen) atoms. The van der Waals surface area contributed by atoms with Crippen molar-refractivity contribution in [3.05, 3.63) is 60.2 Å². The molecule has 2 rings (SSSR count). The SMILES string of the molecule is CN=C(Nc1ccccc1OC)c1ccccc1. The average molecular weight is 240 g/mol. The van der Waals surface area contributed by atoms with Crippen molar-refractivity contribution in [3.8, 4) is 5.75 Å². The number of rotatable bonds is 3. The summed E-state index contributed by atoms with van der Waals surface area (Å²) in [5, 5.41) is 3.29. The molecule has 0 amide bonds. The van der Waals surface area contributed by atoms with Crippen LogP contribution >= 0.6 is 0 Å². The van der Waals surface area contributed by atoms with Gasteiger partial charge >= 0.3 is 0 Å². The number of hydrogen-bond acceptors (Lipinski definition) is 2. The highest BCUT2D eigenvalue weighted by Gasteiger charge is 2.06. The van der Waals surface area contributed by atoms with E-state index in [-0.39, 0.29) is 0 Å². The van der Waals surface area contributed by atoms with Crippen LogP contribution in [0.3, 0.4) is 0 Å². The Kier molecular flexibility index (Phi) is 3.97. The fourth-order valence-corrected chi connectivity index (χ4v) is 1.73. The molecule has 3 nitrogen and oxygen atoms in total. The normalized spacial score (nSPS) is 11.1. The third-order valence-corrected chi connectivity index (χ3v) is 2.63. The lowest BCUT2D eigenvalue weighted by Gasteiger charge is -2.12. The van der Waals surface area contributed by atoms with Gasteiger partial charge in [0.1, 0.15) is 11.6 Å². The topological polar surface area (TPSA) is 33.6 Å². The van der Waals surface area contributed by atoms with E-state index in [1.165, 1.54) is 0 Å². The fourth-order valence-electron chi connectivity index (χ4n) is 1.73. The molecule has 0 aromatic heterocycles. The molecule has 0 unspecified atom stereocenters. The Hall–Kier alpha value is -2.29. The molecule has 0 saturated carbocycles. The molecule has 0 radical (unpaired) electrons. The molecule has 0 saturated heterocycles. The van der Waals surface area contributed by atoms with Crippen molar-refractivity contribution in [2.45, 2.75) is 0 Å². The number of benzene rings is 2. The summed E-state index contributed by atoms with van der Waals surface area (Å²) in [6.07, 6.45) is 0. The largest absolute Gasteiger partial charge is 0.495 e. The second kappa shape index (κ2) is 5.87. The molecule has 0 aliphatic heterocycles. The minimum atomic E-state index is 0.801. The summed E-state index contributed by atoms with van der Waals surface area (Å²) in [7, 11) is 3.43. The number of anilines is 1. The minimum absolute atomic E-state index is 0.801. The van der Waals surface area contributed by atoms with Crippen molar-refractivity contribution >= 4 is 11.5 Å². The maximum atomic E-state index is 5.31. The molecule has 0 spiro atoms. The van der Waals surface area contributed by atoms with Crippen LogP contribution in [-0.2, 0) is 0 Å². The number of aliphatic imine (C=N–C) groups is 1. The molecule has 0 aliphatic rings. The minimum Gasteiger partial charge on any atom is -0.495 e. The lowest BCUT2D eigenvalue weighted by Crippen LogP contribution is -2.13. The van der Waals surface area contributed by atoms with Gasteiger partial charge < -0.3 is 10.1 Å². The first-order chi connectivity index (χ1) is 8.85. The quantitative estimate of drug-likeness (QED) is 0.660. The van der Waals surface area contributed by atoms with Gasteiger partial charge in [-0.1, -0.05) is 42.5 Å². The molecule has 1 N–H and O–H groups in total. The molecule has 0 fully saturated rings. The Morgan fingerprint density at radius 1 is 1.00 bits per heavy atom. The van der Waals surface area contributed by atoms with Crippen LogP contribution < -0.4 is 10.1 Å². The summed E-state index contributed by atoms with van der Waals surface area (Å²) >= 11 is 0. The number of para-hydroxylation sites is 2. The Bertz CT molecular complexity index is 535. The Morgan fingerprint density at radius 3 is 2.33 bits per heavy atom. The molecular weight excluding hydrogens is 224 g/mol. The molecule has 3 heteroatoms. The number of nitrogens with zero attached hydrogens (tertiary/aromatic N) is 1. The number of nitrogens with one attached hydrogen (secondary N) is 1. The predicted molar refractivity (Wildman–Crippen MR) is 75.5 cm³/mol. The van der Waals surface area contributed by atoms with E-state index in [4.69, 9.17) is 4.74 Å². The molecule has 0 bridgehead atoms. The highest BCUT2D eigenvalue weighted by molar-refractivity contribution is 6.08. The number of ether oxygens (including phenoxy) is 1. The predicted octanol–water partition coefficient (Wildman–Crippen LogP) is 3.18. The van der Waals surface area contributed by atoms with Gasteiger partial charge in [0.25, 0.3) is 0 Å². The Morgan fingerprint density at radius 2 is 1.67 bits per heavy atom. The van der Waals surface area contributed by atoms with Crippen LogP contribution in [0.2, 0.25) is 0 Å². The van der Waals surface area contributed by atoms with Gasteiger partial charge in [-0.3, -0.25) is 4.99 Å². The highest BCUT2D eigenvalue weighted by atomic mass is 16.5. The molecule has 0 atom stereocenters. The van der Waals surface area contributed by atoms with Gasteiger partial charge in [-0.25, -0.2) is 0 Å². The van der Waals surface area contributed by atoms with Crippen molar-refractivity contribution in [2.24, 2.45) is 4.99 Å². The van der Waals surface area contributed by atoms with E-state index in [0.717, 1.165) is 22.8 Å². The first-order valence-electron chi connectivity index (χ1n) is 5.77. The van der Waals surface area contributed by atoms with E-state index in [0.29, 0.717) is 0 Å². The van der Waals surface area contributed by atoms with Crippen molar-refractivity contribution in [3.63, 3.8) is 0 Å². The van der Waals surface area contributed by atoms with Crippen LogP contribution in [0.5, 0.6) is 5.75 Å². The second-order valence-corrected chi connectivity index (χ2v) is 3.76. The molecule has 0 aliphatic carbocycles.